The fourth-order valence-electron chi connectivity index (χ4n) is 2.15. The number of halogens is 2. The average Bonchev–Trinajstić information content (AvgIpc) is 2.56. The van der Waals surface area contributed by atoms with Gasteiger partial charge in [0, 0.05) is 17.8 Å². The van der Waals surface area contributed by atoms with Gasteiger partial charge in [0.1, 0.15) is 17.7 Å². The molecule has 0 saturated heterocycles. The van der Waals surface area contributed by atoms with E-state index in [0.29, 0.717) is 22.9 Å². The van der Waals surface area contributed by atoms with Crippen molar-refractivity contribution in [1.29, 1.82) is 0 Å². The summed E-state index contributed by atoms with van der Waals surface area (Å²) in [4.78, 5) is 19.4. The van der Waals surface area contributed by atoms with Crippen LogP contribution in [-0.2, 0) is 0 Å². The Bertz CT molecular complexity index is 691. The van der Waals surface area contributed by atoms with E-state index in [-0.39, 0.29) is 17.6 Å². The van der Waals surface area contributed by atoms with Crippen LogP contribution >= 0.6 is 11.8 Å². The Labute approximate surface area is 146 Å². The van der Waals surface area contributed by atoms with Gasteiger partial charge in [-0.25, -0.2) is 14.2 Å². The molecule has 6 heteroatoms. The van der Waals surface area contributed by atoms with Crippen LogP contribution in [0.25, 0.3) is 0 Å². The van der Waals surface area contributed by atoms with Crippen LogP contribution in [0.15, 0.2) is 42.6 Å². The summed E-state index contributed by atoms with van der Waals surface area (Å²) in [6.45, 7) is 6.30. The maximum absolute atomic E-state index is 13.0. The monoisotopic (exact) mass is 349 g/mol. The van der Waals surface area contributed by atoms with Crippen molar-refractivity contribution in [2.24, 2.45) is 5.92 Å². The third kappa shape index (κ3) is 4.52. The van der Waals surface area contributed by atoms with Crippen molar-refractivity contribution in [1.82, 2.24) is 9.82 Å². The van der Waals surface area contributed by atoms with Crippen LogP contribution in [0.1, 0.15) is 42.7 Å². The number of carbonyl (C=O) groups is 1. The fourth-order valence-corrected chi connectivity index (χ4v) is 2.38. The normalized spacial score (nSPS) is 13.6. The highest BCUT2D eigenvalue weighted by atomic mass is 35.5. The average molecular weight is 350 g/mol. The summed E-state index contributed by atoms with van der Waals surface area (Å²) >= 11 is 5.80. The van der Waals surface area contributed by atoms with Gasteiger partial charge in [0.25, 0.3) is 0 Å². The van der Waals surface area contributed by atoms with Crippen LogP contribution in [0, 0.1) is 11.7 Å². The Balaban J connectivity index is 2.24. The van der Waals surface area contributed by atoms with Gasteiger partial charge in [0.05, 0.1) is 0 Å². The van der Waals surface area contributed by atoms with E-state index in [9.17, 15) is 9.18 Å². The smallest absolute Gasteiger partial charge is 0.185 e. The first kappa shape index (κ1) is 18.4. The molecule has 2 rings (SSSR count). The molecule has 24 heavy (non-hydrogen) atoms. The molecule has 0 bridgehead atoms. The quantitative estimate of drug-likeness (QED) is 0.576. The van der Waals surface area contributed by atoms with Crippen LogP contribution in [0.3, 0.4) is 0 Å². The van der Waals surface area contributed by atoms with E-state index >= 15 is 0 Å². The molecular weight excluding hydrogens is 329 g/mol. The molecule has 0 fully saturated rings. The number of hydrogen-bond donors (Lipinski definition) is 2. The molecule has 2 aromatic rings. The van der Waals surface area contributed by atoms with Gasteiger partial charge >= 0.3 is 0 Å². The number of hydrogen-bond acceptors (Lipinski definition) is 4. The van der Waals surface area contributed by atoms with E-state index in [1.165, 1.54) is 24.3 Å². The Morgan fingerprint density at radius 1 is 1.17 bits per heavy atom. The second-order valence-corrected chi connectivity index (χ2v) is 6.28. The van der Waals surface area contributed by atoms with Gasteiger partial charge in [-0.05, 0) is 66.6 Å². The molecule has 0 amide bonds. The third-order valence-electron chi connectivity index (χ3n) is 3.99. The van der Waals surface area contributed by atoms with Gasteiger partial charge in [-0.2, -0.15) is 0 Å². The standard InChI is InChI=1S/C18H21ClFN3O/c1-11(2)12(3)22-16-10-14(8-9-21-16)17(23-19)18(24)13-4-6-15(20)7-5-13/h4-12,17,23H,1-3H3,(H,21,22). The minimum atomic E-state index is -0.741. The first-order valence-electron chi connectivity index (χ1n) is 7.80. The first-order valence-corrected chi connectivity index (χ1v) is 8.18. The van der Waals surface area contributed by atoms with Crippen molar-refractivity contribution < 1.29 is 9.18 Å². The number of aromatic nitrogens is 1. The summed E-state index contributed by atoms with van der Waals surface area (Å²) in [5.74, 6) is 0.495. The Morgan fingerprint density at radius 3 is 2.42 bits per heavy atom. The Kier molecular flexibility index (Phi) is 6.29. The zero-order valence-corrected chi connectivity index (χ0v) is 14.6. The second-order valence-electron chi connectivity index (χ2n) is 6.06. The van der Waals surface area contributed by atoms with Crippen LogP contribution in [0.2, 0.25) is 0 Å². The highest BCUT2D eigenvalue weighted by Crippen LogP contribution is 2.22. The van der Waals surface area contributed by atoms with Crippen LogP contribution < -0.4 is 10.2 Å². The maximum atomic E-state index is 13.0. The molecule has 2 atom stereocenters. The van der Waals surface area contributed by atoms with Crippen LogP contribution in [-0.4, -0.2) is 16.8 Å². The lowest BCUT2D eigenvalue weighted by Gasteiger charge is -2.20. The number of nitrogens with zero attached hydrogens (tertiary/aromatic N) is 1. The van der Waals surface area contributed by atoms with Crippen LogP contribution in [0.4, 0.5) is 10.2 Å². The molecule has 0 saturated carbocycles. The molecular formula is C18H21ClFN3O. The second kappa shape index (κ2) is 8.22. The lowest BCUT2D eigenvalue weighted by atomic mass is 9.98. The lowest BCUT2D eigenvalue weighted by Crippen LogP contribution is -2.24. The number of Topliss-reactive ketones (excluding diaryl/α,β-unsaturated/α-hetero) is 1. The van der Waals surface area contributed by atoms with Crippen molar-refractivity contribution >= 4 is 23.4 Å². The van der Waals surface area contributed by atoms with E-state index < -0.39 is 6.04 Å². The van der Waals surface area contributed by atoms with Gasteiger partial charge in [-0.15, -0.1) is 0 Å². The number of carbonyl (C=O) groups excluding carboxylic acids is 1. The van der Waals surface area contributed by atoms with Gasteiger partial charge in [0.2, 0.25) is 0 Å². The van der Waals surface area contributed by atoms with Gasteiger partial charge in [-0.3, -0.25) is 4.79 Å². The van der Waals surface area contributed by atoms with Crippen molar-refractivity contribution in [2.45, 2.75) is 32.9 Å². The molecule has 1 aromatic heterocycles. The largest absolute Gasteiger partial charge is 0.367 e. The van der Waals surface area contributed by atoms with E-state index in [1.54, 1.807) is 18.3 Å². The number of rotatable bonds is 7. The minimum absolute atomic E-state index is 0.237. The molecule has 0 spiro atoms. The highest BCUT2D eigenvalue weighted by molar-refractivity contribution is 6.16. The summed E-state index contributed by atoms with van der Waals surface area (Å²) in [5.41, 5.74) is 1.07. The molecule has 128 valence electrons. The van der Waals surface area contributed by atoms with Crippen molar-refractivity contribution in [3.63, 3.8) is 0 Å². The van der Waals surface area contributed by atoms with Crippen molar-refractivity contribution in [3.05, 3.63) is 59.5 Å². The third-order valence-corrected chi connectivity index (χ3v) is 4.21. The predicted octanol–water partition coefficient (Wildman–Crippen LogP) is 4.34. The lowest BCUT2D eigenvalue weighted by molar-refractivity contribution is 0.0954. The molecule has 2 N–H and O–H groups in total. The van der Waals surface area contributed by atoms with Gasteiger partial charge in [0.15, 0.2) is 5.78 Å². The van der Waals surface area contributed by atoms with E-state index in [2.05, 4.69) is 35.9 Å². The number of benzene rings is 1. The molecule has 0 radical (unpaired) electrons. The summed E-state index contributed by atoms with van der Waals surface area (Å²) in [7, 11) is 0. The van der Waals surface area contributed by atoms with Gasteiger partial charge in [-0.1, -0.05) is 13.8 Å². The molecule has 4 nitrogen and oxygen atoms in total. The van der Waals surface area contributed by atoms with E-state index in [0.717, 1.165) is 0 Å². The molecule has 0 aliphatic heterocycles. The summed E-state index contributed by atoms with van der Waals surface area (Å²) in [6, 6.07) is 8.41. The number of nitrogens with one attached hydrogen (secondary N) is 2. The van der Waals surface area contributed by atoms with Crippen molar-refractivity contribution in [3.8, 4) is 0 Å². The minimum Gasteiger partial charge on any atom is -0.367 e. The molecule has 2 unspecified atom stereocenters. The first-order chi connectivity index (χ1) is 11.4. The summed E-state index contributed by atoms with van der Waals surface area (Å²) in [5, 5.41) is 3.30. The van der Waals surface area contributed by atoms with E-state index in [4.69, 9.17) is 11.8 Å². The topological polar surface area (TPSA) is 54.0 Å². The molecule has 0 aliphatic rings. The number of ketones is 1. The van der Waals surface area contributed by atoms with Crippen LogP contribution in [0.5, 0.6) is 0 Å². The zero-order valence-electron chi connectivity index (χ0n) is 13.9. The molecule has 0 aliphatic carbocycles. The molecule has 1 heterocycles. The van der Waals surface area contributed by atoms with Crippen molar-refractivity contribution in [2.75, 3.05) is 5.32 Å². The summed E-state index contributed by atoms with van der Waals surface area (Å²) in [6.07, 6.45) is 1.63. The summed E-state index contributed by atoms with van der Waals surface area (Å²) < 4.78 is 13.0. The number of anilines is 1. The SMILES string of the molecule is CC(C)C(C)Nc1cc(C(NCl)C(=O)c2ccc(F)cc2)ccn1. The highest BCUT2D eigenvalue weighted by Gasteiger charge is 2.22. The van der Waals surface area contributed by atoms with Gasteiger partial charge < -0.3 is 5.32 Å². The Hall–Kier alpha value is -1.98. The van der Waals surface area contributed by atoms with E-state index in [1.807, 2.05) is 0 Å². The Morgan fingerprint density at radius 2 is 1.83 bits per heavy atom. The number of pyridine rings is 1. The zero-order chi connectivity index (χ0) is 17.7. The fraction of sp³-hybridized carbons (Fsp3) is 0.333. The molecule has 1 aromatic carbocycles. The predicted molar refractivity (Wildman–Crippen MR) is 94.6 cm³/mol. The maximum Gasteiger partial charge on any atom is 0.185 e.